The fraction of sp³-hybridized carbons (Fsp3) is 0.611. The van der Waals surface area contributed by atoms with Crippen LogP contribution >= 0.6 is 0 Å². The van der Waals surface area contributed by atoms with Crippen LogP contribution in [0.4, 0.5) is 0 Å². The second-order valence-corrected chi connectivity index (χ2v) is 7.27. The molecule has 1 aromatic rings. The van der Waals surface area contributed by atoms with E-state index in [1.165, 1.54) is 5.56 Å². The van der Waals surface area contributed by atoms with Crippen molar-refractivity contribution in [1.82, 2.24) is 4.90 Å². The highest BCUT2D eigenvalue weighted by molar-refractivity contribution is 5.89. The molecule has 0 bridgehead atoms. The zero-order valence-corrected chi connectivity index (χ0v) is 14.1. The van der Waals surface area contributed by atoms with Crippen molar-refractivity contribution in [2.24, 2.45) is 11.1 Å². The van der Waals surface area contributed by atoms with E-state index in [1.807, 2.05) is 31.7 Å². The van der Waals surface area contributed by atoms with Crippen LogP contribution in [0.1, 0.15) is 38.3 Å². The summed E-state index contributed by atoms with van der Waals surface area (Å²) in [6.45, 7) is 7.80. The van der Waals surface area contributed by atoms with E-state index in [2.05, 4.69) is 0 Å². The maximum atomic E-state index is 13.0. The van der Waals surface area contributed by atoms with E-state index in [4.69, 9.17) is 10.5 Å². The molecule has 1 saturated carbocycles. The van der Waals surface area contributed by atoms with Crippen molar-refractivity contribution in [3.05, 3.63) is 29.3 Å². The van der Waals surface area contributed by atoms with Gasteiger partial charge in [-0.15, -0.1) is 0 Å². The van der Waals surface area contributed by atoms with Crippen molar-refractivity contribution >= 4 is 5.91 Å². The number of fused-ring (bicyclic) bond motifs is 1. The molecule has 0 radical (unpaired) electrons. The lowest BCUT2D eigenvalue weighted by molar-refractivity contribution is -0.180. The molecule has 5 heteroatoms. The zero-order chi connectivity index (χ0) is 16.8. The van der Waals surface area contributed by atoms with E-state index < -0.39 is 5.54 Å². The van der Waals surface area contributed by atoms with Crippen LogP contribution in [0.2, 0.25) is 0 Å². The molecule has 0 aromatic heterocycles. The minimum absolute atomic E-state index is 0.00699. The summed E-state index contributed by atoms with van der Waals surface area (Å²) in [4.78, 5) is 14.9. The summed E-state index contributed by atoms with van der Waals surface area (Å²) in [7, 11) is 0. The number of ether oxygens (including phenoxy) is 1. The number of nitrogens with two attached hydrogens (primary N) is 1. The van der Waals surface area contributed by atoms with Gasteiger partial charge in [0.2, 0.25) is 5.91 Å². The van der Waals surface area contributed by atoms with Gasteiger partial charge in [0.15, 0.2) is 0 Å². The van der Waals surface area contributed by atoms with Crippen molar-refractivity contribution < 1.29 is 14.6 Å². The SMILES string of the molecule is CCOC1CC(N)(C(=O)N2CCc3ccc(O)cc3C2)C1(C)C. The molecule has 5 nitrogen and oxygen atoms in total. The number of carbonyl (C=O) groups excluding carboxylic acids is 1. The van der Waals surface area contributed by atoms with Crippen LogP contribution in [0, 0.1) is 5.41 Å². The van der Waals surface area contributed by atoms with Crippen LogP contribution in [0.15, 0.2) is 18.2 Å². The quantitative estimate of drug-likeness (QED) is 0.891. The van der Waals surface area contributed by atoms with Crippen molar-refractivity contribution in [3.8, 4) is 5.75 Å². The highest BCUT2D eigenvalue weighted by atomic mass is 16.5. The molecule has 1 amide bonds. The first-order valence-electron chi connectivity index (χ1n) is 8.30. The maximum Gasteiger partial charge on any atom is 0.243 e. The highest BCUT2D eigenvalue weighted by Crippen LogP contribution is 2.50. The third-order valence-electron chi connectivity index (χ3n) is 5.70. The van der Waals surface area contributed by atoms with Gasteiger partial charge in [-0.2, -0.15) is 0 Å². The Hall–Kier alpha value is -1.59. The Morgan fingerprint density at radius 2 is 2.17 bits per heavy atom. The first kappa shape index (κ1) is 16.3. The molecule has 0 saturated heterocycles. The molecule has 2 atom stereocenters. The number of amides is 1. The van der Waals surface area contributed by atoms with Gasteiger partial charge < -0.3 is 20.5 Å². The molecule has 2 aliphatic rings. The van der Waals surface area contributed by atoms with Crippen LogP contribution in [-0.4, -0.2) is 40.7 Å². The van der Waals surface area contributed by atoms with Gasteiger partial charge in [0.25, 0.3) is 0 Å². The largest absolute Gasteiger partial charge is 0.508 e. The monoisotopic (exact) mass is 318 g/mol. The third kappa shape index (κ3) is 2.42. The van der Waals surface area contributed by atoms with E-state index in [-0.39, 0.29) is 23.2 Å². The first-order chi connectivity index (χ1) is 10.8. The Bertz CT molecular complexity index is 629. The topological polar surface area (TPSA) is 75.8 Å². The van der Waals surface area contributed by atoms with E-state index in [0.717, 1.165) is 12.0 Å². The Kier molecular flexibility index (Phi) is 3.89. The molecule has 1 aromatic carbocycles. The maximum absolute atomic E-state index is 13.0. The number of rotatable bonds is 3. The van der Waals surface area contributed by atoms with E-state index in [9.17, 15) is 9.90 Å². The number of nitrogens with zero attached hydrogens (tertiary/aromatic N) is 1. The molecule has 3 rings (SSSR count). The molecular weight excluding hydrogens is 292 g/mol. The normalized spacial score (nSPS) is 28.9. The van der Waals surface area contributed by atoms with Gasteiger partial charge in [-0.3, -0.25) is 4.79 Å². The average Bonchev–Trinajstić information content (AvgIpc) is 2.53. The molecule has 0 spiro atoms. The summed E-state index contributed by atoms with van der Waals surface area (Å²) in [5.41, 5.74) is 7.45. The van der Waals surface area contributed by atoms with Crippen molar-refractivity contribution in [3.63, 3.8) is 0 Å². The van der Waals surface area contributed by atoms with Gasteiger partial charge in [-0.1, -0.05) is 19.9 Å². The summed E-state index contributed by atoms with van der Waals surface area (Å²) in [6, 6.07) is 5.37. The standard InChI is InChI=1S/C18H26N2O3/c1-4-23-15-10-18(19,17(15,2)3)16(22)20-8-7-12-5-6-14(21)9-13(12)11-20/h5-6,9,15,21H,4,7-8,10-11,19H2,1-3H3. The average molecular weight is 318 g/mol. The summed E-state index contributed by atoms with van der Waals surface area (Å²) in [5, 5.41) is 9.66. The lowest BCUT2D eigenvalue weighted by atomic mass is 9.54. The summed E-state index contributed by atoms with van der Waals surface area (Å²) in [5.74, 6) is 0.230. The smallest absolute Gasteiger partial charge is 0.243 e. The number of hydrogen-bond donors (Lipinski definition) is 2. The molecule has 1 fully saturated rings. The number of hydrogen-bond acceptors (Lipinski definition) is 4. The van der Waals surface area contributed by atoms with Gasteiger partial charge in [0.1, 0.15) is 11.3 Å². The van der Waals surface area contributed by atoms with Crippen molar-refractivity contribution in [2.45, 2.75) is 51.8 Å². The van der Waals surface area contributed by atoms with Crippen LogP contribution in [-0.2, 0) is 22.5 Å². The Balaban J connectivity index is 1.77. The highest BCUT2D eigenvalue weighted by Gasteiger charge is 2.63. The van der Waals surface area contributed by atoms with Gasteiger partial charge in [0, 0.05) is 31.5 Å². The molecule has 23 heavy (non-hydrogen) atoms. The van der Waals surface area contributed by atoms with E-state index in [0.29, 0.717) is 26.1 Å². The van der Waals surface area contributed by atoms with Gasteiger partial charge >= 0.3 is 0 Å². The lowest BCUT2D eigenvalue weighted by Gasteiger charge is -2.58. The molecule has 126 valence electrons. The molecule has 1 heterocycles. The Morgan fingerprint density at radius 1 is 1.43 bits per heavy atom. The fourth-order valence-corrected chi connectivity index (χ4v) is 3.80. The minimum Gasteiger partial charge on any atom is -0.508 e. The number of phenols is 1. The third-order valence-corrected chi connectivity index (χ3v) is 5.70. The Morgan fingerprint density at radius 3 is 2.83 bits per heavy atom. The number of carbonyl (C=O) groups is 1. The summed E-state index contributed by atoms with van der Waals surface area (Å²) >= 11 is 0. The van der Waals surface area contributed by atoms with E-state index >= 15 is 0 Å². The summed E-state index contributed by atoms with van der Waals surface area (Å²) in [6.07, 6.45) is 1.39. The number of phenolic OH excluding ortho intramolecular Hbond substituents is 1. The van der Waals surface area contributed by atoms with Crippen LogP contribution < -0.4 is 5.73 Å². The molecule has 2 unspecified atom stereocenters. The van der Waals surface area contributed by atoms with Gasteiger partial charge in [0.05, 0.1) is 6.10 Å². The van der Waals surface area contributed by atoms with Crippen LogP contribution in [0.3, 0.4) is 0 Å². The van der Waals surface area contributed by atoms with Crippen LogP contribution in [0.25, 0.3) is 0 Å². The van der Waals surface area contributed by atoms with Crippen molar-refractivity contribution in [1.29, 1.82) is 0 Å². The van der Waals surface area contributed by atoms with Crippen LogP contribution in [0.5, 0.6) is 5.75 Å². The van der Waals surface area contributed by atoms with Crippen molar-refractivity contribution in [2.75, 3.05) is 13.2 Å². The van der Waals surface area contributed by atoms with Gasteiger partial charge in [-0.05, 0) is 36.6 Å². The predicted octanol–water partition coefficient (Wildman–Crippen LogP) is 1.81. The second kappa shape index (κ2) is 5.49. The fourth-order valence-electron chi connectivity index (χ4n) is 3.80. The Labute approximate surface area is 137 Å². The predicted molar refractivity (Wildman–Crippen MR) is 88.0 cm³/mol. The van der Waals surface area contributed by atoms with Gasteiger partial charge in [-0.25, -0.2) is 0 Å². The molecule has 3 N–H and O–H groups in total. The lowest BCUT2D eigenvalue weighted by Crippen LogP contribution is -2.76. The molecule has 1 aliphatic heterocycles. The summed E-state index contributed by atoms with van der Waals surface area (Å²) < 4.78 is 5.71. The first-order valence-corrected chi connectivity index (χ1v) is 8.30. The minimum atomic E-state index is -0.874. The molecule has 1 aliphatic carbocycles. The second-order valence-electron chi connectivity index (χ2n) is 7.27. The zero-order valence-electron chi connectivity index (χ0n) is 14.1. The number of benzene rings is 1. The van der Waals surface area contributed by atoms with E-state index in [1.54, 1.807) is 12.1 Å². The molecular formula is C18H26N2O3. The number of aromatic hydroxyl groups is 1.